The van der Waals surface area contributed by atoms with Crippen LogP contribution in [0.5, 0.6) is 0 Å². The monoisotopic (exact) mass is 131 g/mol. The van der Waals surface area contributed by atoms with Gasteiger partial charge >= 0.3 is 0 Å². The van der Waals surface area contributed by atoms with Crippen LogP contribution < -0.4 is 5.48 Å². The molecule has 0 aromatic rings. The van der Waals surface area contributed by atoms with Gasteiger partial charge in [-0.15, -0.1) is 0 Å². The topological polar surface area (TPSA) is 58.6 Å². The number of carbonyl (C=O) groups excluding carboxylic acids is 1. The van der Waals surface area contributed by atoms with Crippen LogP contribution in [0.15, 0.2) is 12.3 Å². The highest BCUT2D eigenvalue weighted by Gasteiger charge is 2.00. The van der Waals surface area contributed by atoms with Crippen LogP contribution >= 0.6 is 0 Å². The van der Waals surface area contributed by atoms with Gasteiger partial charge in [0, 0.05) is 0 Å². The molecule has 0 atom stereocenters. The van der Waals surface area contributed by atoms with E-state index in [0.29, 0.717) is 5.76 Å². The molecule has 9 heavy (non-hydrogen) atoms. The largest absolute Gasteiger partial charge is 0.501 e. The third kappa shape index (κ3) is 3.54. The summed E-state index contributed by atoms with van der Waals surface area (Å²) < 4.78 is 4.56. The molecule has 0 radical (unpaired) electrons. The van der Waals surface area contributed by atoms with Crippen molar-refractivity contribution >= 4 is 5.91 Å². The van der Waals surface area contributed by atoms with Crippen LogP contribution in [0, 0.1) is 0 Å². The SMILES string of the molecule is C=C(CC(=O)NO)OC. The molecule has 4 heteroatoms. The number of nitrogens with one attached hydrogen (secondary N) is 1. The van der Waals surface area contributed by atoms with Crippen LogP contribution in [0.1, 0.15) is 6.42 Å². The lowest BCUT2D eigenvalue weighted by atomic mass is 10.4. The highest BCUT2D eigenvalue weighted by atomic mass is 16.5. The van der Waals surface area contributed by atoms with Gasteiger partial charge in [0.2, 0.25) is 0 Å². The molecule has 2 N–H and O–H groups in total. The Balaban J connectivity index is 3.47. The number of hydrogen-bond acceptors (Lipinski definition) is 3. The van der Waals surface area contributed by atoms with Gasteiger partial charge in [0.05, 0.1) is 19.3 Å². The molecule has 0 unspecified atom stereocenters. The summed E-state index contributed by atoms with van der Waals surface area (Å²) in [5.74, 6) is -0.205. The summed E-state index contributed by atoms with van der Waals surface area (Å²) in [5, 5.41) is 7.98. The third-order valence-electron chi connectivity index (χ3n) is 0.771. The molecule has 0 aliphatic rings. The molecule has 0 rings (SSSR count). The Hall–Kier alpha value is -1.03. The Labute approximate surface area is 53.1 Å². The van der Waals surface area contributed by atoms with Crippen LogP contribution in [0.2, 0.25) is 0 Å². The van der Waals surface area contributed by atoms with Gasteiger partial charge in [0.15, 0.2) is 0 Å². The van der Waals surface area contributed by atoms with E-state index in [-0.39, 0.29) is 6.42 Å². The van der Waals surface area contributed by atoms with Gasteiger partial charge in [-0.25, -0.2) is 5.48 Å². The molecule has 0 aromatic heterocycles. The fourth-order valence-corrected chi connectivity index (χ4v) is 0.291. The van der Waals surface area contributed by atoms with Gasteiger partial charge in [-0.3, -0.25) is 10.0 Å². The Morgan fingerprint density at radius 1 is 1.89 bits per heavy atom. The van der Waals surface area contributed by atoms with Crippen molar-refractivity contribution in [2.45, 2.75) is 6.42 Å². The van der Waals surface area contributed by atoms with E-state index in [0.717, 1.165) is 0 Å². The van der Waals surface area contributed by atoms with E-state index < -0.39 is 5.91 Å². The molecule has 0 aliphatic carbocycles. The quantitative estimate of drug-likeness (QED) is 0.323. The fourth-order valence-electron chi connectivity index (χ4n) is 0.291. The molecule has 0 spiro atoms. The highest BCUT2D eigenvalue weighted by molar-refractivity contribution is 5.76. The van der Waals surface area contributed by atoms with Gasteiger partial charge in [-0.2, -0.15) is 0 Å². The van der Waals surface area contributed by atoms with E-state index in [4.69, 9.17) is 5.21 Å². The van der Waals surface area contributed by atoms with E-state index in [1.807, 2.05) is 0 Å². The standard InChI is InChI=1S/C5H9NO3/c1-4(9-2)3-5(7)6-8/h8H,1,3H2,2H3,(H,6,7). The number of carbonyl (C=O) groups is 1. The first kappa shape index (κ1) is 7.97. The first-order valence-corrected chi connectivity index (χ1v) is 2.35. The minimum absolute atomic E-state index is 0.00694. The molecule has 0 aliphatic heterocycles. The maximum absolute atomic E-state index is 10.3. The average Bonchev–Trinajstić information content (AvgIpc) is 1.87. The summed E-state index contributed by atoms with van der Waals surface area (Å²) >= 11 is 0. The van der Waals surface area contributed by atoms with Gasteiger partial charge < -0.3 is 4.74 Å². The first-order valence-electron chi connectivity index (χ1n) is 2.35. The van der Waals surface area contributed by atoms with Crippen molar-refractivity contribution in [3.8, 4) is 0 Å². The van der Waals surface area contributed by atoms with E-state index in [1.165, 1.54) is 12.6 Å². The van der Waals surface area contributed by atoms with Crippen LogP contribution in [-0.2, 0) is 9.53 Å². The second-order valence-electron chi connectivity index (χ2n) is 1.45. The predicted molar refractivity (Wildman–Crippen MR) is 30.7 cm³/mol. The molecule has 0 saturated heterocycles. The zero-order valence-electron chi connectivity index (χ0n) is 5.18. The summed E-state index contributed by atoms with van der Waals surface area (Å²) in [6.07, 6.45) is -0.00694. The third-order valence-corrected chi connectivity index (χ3v) is 0.771. The Morgan fingerprint density at radius 2 is 2.44 bits per heavy atom. The fraction of sp³-hybridized carbons (Fsp3) is 0.400. The van der Waals surface area contributed by atoms with Gasteiger partial charge in [-0.1, -0.05) is 6.58 Å². The van der Waals surface area contributed by atoms with Crippen LogP contribution in [0.25, 0.3) is 0 Å². The number of rotatable bonds is 3. The smallest absolute Gasteiger partial charge is 0.250 e. The Kier molecular flexibility index (Phi) is 3.46. The normalized spacial score (nSPS) is 8.22. The maximum Gasteiger partial charge on any atom is 0.250 e. The molecule has 52 valence electrons. The summed E-state index contributed by atoms with van der Waals surface area (Å²) in [4.78, 5) is 10.3. The summed E-state index contributed by atoms with van der Waals surface area (Å²) in [7, 11) is 1.41. The minimum atomic E-state index is -0.526. The van der Waals surface area contributed by atoms with Crippen molar-refractivity contribution in [3.63, 3.8) is 0 Å². The number of methoxy groups -OCH3 is 1. The Bertz CT molecular complexity index is 107. The summed E-state index contributed by atoms with van der Waals surface area (Å²) in [6.45, 7) is 3.37. The molecule has 0 saturated carbocycles. The molecule has 0 fully saturated rings. The first-order chi connectivity index (χ1) is 4.20. The summed E-state index contributed by atoms with van der Waals surface area (Å²) in [5.41, 5.74) is 1.45. The summed E-state index contributed by atoms with van der Waals surface area (Å²) in [6, 6.07) is 0. The van der Waals surface area contributed by atoms with E-state index in [1.54, 1.807) is 0 Å². The number of ether oxygens (including phenoxy) is 1. The molecule has 4 nitrogen and oxygen atoms in total. The second-order valence-corrected chi connectivity index (χ2v) is 1.45. The lowest BCUT2D eigenvalue weighted by molar-refractivity contribution is -0.129. The molecular weight excluding hydrogens is 122 g/mol. The zero-order valence-corrected chi connectivity index (χ0v) is 5.18. The zero-order chi connectivity index (χ0) is 7.28. The van der Waals surface area contributed by atoms with Crippen molar-refractivity contribution in [2.75, 3.05) is 7.11 Å². The van der Waals surface area contributed by atoms with Crippen molar-refractivity contribution in [3.05, 3.63) is 12.3 Å². The van der Waals surface area contributed by atoms with Crippen molar-refractivity contribution < 1.29 is 14.7 Å². The molecule has 0 heterocycles. The minimum Gasteiger partial charge on any atom is -0.501 e. The Morgan fingerprint density at radius 3 is 2.78 bits per heavy atom. The van der Waals surface area contributed by atoms with Crippen LogP contribution in [0.4, 0.5) is 0 Å². The highest BCUT2D eigenvalue weighted by Crippen LogP contribution is 1.95. The van der Waals surface area contributed by atoms with E-state index in [2.05, 4.69) is 11.3 Å². The number of amides is 1. The van der Waals surface area contributed by atoms with Crippen LogP contribution in [-0.4, -0.2) is 18.2 Å². The van der Waals surface area contributed by atoms with Crippen molar-refractivity contribution in [1.82, 2.24) is 5.48 Å². The van der Waals surface area contributed by atoms with Crippen LogP contribution in [0.3, 0.4) is 0 Å². The van der Waals surface area contributed by atoms with Gasteiger partial charge in [0.25, 0.3) is 5.91 Å². The second kappa shape index (κ2) is 3.91. The lowest BCUT2D eigenvalue weighted by Crippen LogP contribution is -2.18. The maximum atomic E-state index is 10.3. The molecule has 0 aromatic carbocycles. The van der Waals surface area contributed by atoms with Crippen molar-refractivity contribution in [2.24, 2.45) is 0 Å². The molecule has 1 amide bonds. The predicted octanol–water partition coefficient (Wildman–Crippen LogP) is 0.0420. The number of hydroxylamine groups is 1. The average molecular weight is 131 g/mol. The molecular formula is C5H9NO3. The lowest BCUT2D eigenvalue weighted by Gasteiger charge is -2.00. The van der Waals surface area contributed by atoms with Gasteiger partial charge in [-0.05, 0) is 0 Å². The van der Waals surface area contributed by atoms with Crippen molar-refractivity contribution in [1.29, 1.82) is 0 Å². The van der Waals surface area contributed by atoms with E-state index >= 15 is 0 Å². The van der Waals surface area contributed by atoms with E-state index in [9.17, 15) is 4.79 Å². The molecule has 0 bridgehead atoms. The number of hydrogen-bond donors (Lipinski definition) is 2. The van der Waals surface area contributed by atoms with Gasteiger partial charge in [0.1, 0.15) is 0 Å².